The average Bonchev–Trinajstić information content (AvgIpc) is 2.34. The number of rotatable bonds is 5. The molecule has 9 heteroatoms. The van der Waals surface area contributed by atoms with Crippen molar-refractivity contribution in [2.24, 2.45) is 0 Å². The van der Waals surface area contributed by atoms with Crippen LogP contribution in [0.1, 0.15) is 27.6 Å². The van der Waals surface area contributed by atoms with Crippen molar-refractivity contribution < 1.29 is 62.0 Å². The van der Waals surface area contributed by atoms with Gasteiger partial charge in [-0.25, -0.2) is 13.2 Å². The maximum Gasteiger partial charge on any atom is 1.00 e. The molecule has 0 radical (unpaired) electrons. The number of ketones is 1. The SMILES string of the molecule is CC(=O)c1cc(C(=O)OCCO)cc(S(=O)(=O)[O-])c1.[Na+]. The van der Waals surface area contributed by atoms with Crippen molar-refractivity contribution in [2.75, 3.05) is 13.2 Å². The van der Waals surface area contributed by atoms with E-state index in [4.69, 9.17) is 5.11 Å². The van der Waals surface area contributed by atoms with Crippen LogP contribution in [-0.2, 0) is 14.9 Å². The third-order valence-electron chi connectivity index (χ3n) is 2.16. The van der Waals surface area contributed by atoms with E-state index in [0.29, 0.717) is 0 Å². The molecule has 0 unspecified atom stereocenters. The van der Waals surface area contributed by atoms with E-state index < -0.39 is 33.4 Å². The molecule has 0 saturated carbocycles. The number of ether oxygens (including phenoxy) is 1. The molecule has 0 spiro atoms. The third kappa shape index (κ3) is 5.31. The summed E-state index contributed by atoms with van der Waals surface area (Å²) < 4.78 is 37.4. The first-order chi connectivity index (χ1) is 8.75. The van der Waals surface area contributed by atoms with E-state index in [2.05, 4.69) is 4.74 Å². The predicted molar refractivity (Wildman–Crippen MR) is 61.8 cm³/mol. The molecule has 0 aromatic heterocycles. The van der Waals surface area contributed by atoms with E-state index in [9.17, 15) is 22.6 Å². The molecule has 1 rings (SSSR count). The number of Topliss-reactive ketones (excluding diaryl/α,β-unsaturated/α-hetero) is 1. The number of carbonyl (C=O) groups excluding carboxylic acids is 2. The predicted octanol–water partition coefficient (Wildman–Crippen LogP) is -3.05. The normalized spacial score (nSPS) is 10.6. The first kappa shape index (κ1) is 19.2. The summed E-state index contributed by atoms with van der Waals surface area (Å²) in [5.74, 6) is -1.43. The van der Waals surface area contributed by atoms with Gasteiger partial charge in [-0.05, 0) is 25.1 Å². The zero-order valence-electron chi connectivity index (χ0n) is 11.0. The molecular formula is C11H11NaO7S. The van der Waals surface area contributed by atoms with Crippen molar-refractivity contribution in [1.29, 1.82) is 0 Å². The molecule has 7 nitrogen and oxygen atoms in total. The minimum atomic E-state index is -4.79. The Labute approximate surface area is 138 Å². The van der Waals surface area contributed by atoms with Gasteiger partial charge < -0.3 is 14.4 Å². The van der Waals surface area contributed by atoms with Gasteiger partial charge in [0.2, 0.25) is 0 Å². The molecule has 0 amide bonds. The van der Waals surface area contributed by atoms with E-state index in [0.717, 1.165) is 18.2 Å². The van der Waals surface area contributed by atoms with Crippen LogP contribution >= 0.6 is 0 Å². The van der Waals surface area contributed by atoms with Crippen LogP contribution in [0.25, 0.3) is 0 Å². The van der Waals surface area contributed by atoms with Gasteiger partial charge in [-0.2, -0.15) is 0 Å². The third-order valence-corrected chi connectivity index (χ3v) is 2.97. The van der Waals surface area contributed by atoms with Crippen LogP contribution in [0.2, 0.25) is 0 Å². The standard InChI is InChI=1S/C11H12O7S.Na/c1-7(13)8-4-9(11(14)18-3-2-12)6-10(5-8)19(15,16)17;/h4-6,12H,2-3H2,1H3,(H,15,16,17);/q;+1/p-1. The van der Waals surface area contributed by atoms with Crippen LogP contribution in [0.4, 0.5) is 0 Å². The molecule has 104 valence electrons. The van der Waals surface area contributed by atoms with Crippen molar-refractivity contribution in [3.63, 3.8) is 0 Å². The molecule has 0 heterocycles. The van der Waals surface area contributed by atoms with Crippen molar-refractivity contribution in [1.82, 2.24) is 0 Å². The second-order valence-corrected chi connectivity index (χ2v) is 5.00. The first-order valence-electron chi connectivity index (χ1n) is 5.15. The zero-order valence-corrected chi connectivity index (χ0v) is 13.8. The smallest absolute Gasteiger partial charge is 0.744 e. The van der Waals surface area contributed by atoms with Gasteiger partial charge in [0.25, 0.3) is 0 Å². The van der Waals surface area contributed by atoms with Crippen LogP contribution < -0.4 is 29.6 Å². The van der Waals surface area contributed by atoms with Crippen molar-refractivity contribution >= 4 is 21.9 Å². The number of esters is 1. The molecule has 1 N–H and O–H groups in total. The fourth-order valence-corrected chi connectivity index (χ4v) is 1.83. The molecule has 0 aliphatic rings. The van der Waals surface area contributed by atoms with Gasteiger partial charge in [0.1, 0.15) is 16.7 Å². The van der Waals surface area contributed by atoms with Gasteiger partial charge in [-0.15, -0.1) is 0 Å². The van der Waals surface area contributed by atoms with E-state index in [1.54, 1.807) is 0 Å². The largest absolute Gasteiger partial charge is 1.00 e. The van der Waals surface area contributed by atoms with Crippen LogP contribution in [0.5, 0.6) is 0 Å². The Morgan fingerprint density at radius 3 is 2.25 bits per heavy atom. The Hall–Kier alpha value is -0.770. The molecule has 0 aliphatic heterocycles. The van der Waals surface area contributed by atoms with Gasteiger partial charge in [-0.3, -0.25) is 4.79 Å². The first-order valence-corrected chi connectivity index (χ1v) is 6.56. The number of hydrogen-bond acceptors (Lipinski definition) is 7. The van der Waals surface area contributed by atoms with Gasteiger partial charge in [0.15, 0.2) is 5.78 Å². The topological polar surface area (TPSA) is 121 Å². The van der Waals surface area contributed by atoms with Crippen molar-refractivity contribution in [3.8, 4) is 0 Å². The van der Waals surface area contributed by atoms with E-state index in [-0.39, 0.29) is 47.3 Å². The quantitative estimate of drug-likeness (QED) is 0.265. The molecular weight excluding hydrogens is 299 g/mol. The maximum absolute atomic E-state index is 11.5. The summed E-state index contributed by atoms with van der Waals surface area (Å²) in [6.07, 6.45) is 0. The van der Waals surface area contributed by atoms with Gasteiger partial charge >= 0.3 is 35.5 Å². The minimum absolute atomic E-state index is 0. The van der Waals surface area contributed by atoms with E-state index in [1.165, 1.54) is 6.92 Å². The van der Waals surface area contributed by atoms with Crippen molar-refractivity contribution in [3.05, 3.63) is 29.3 Å². The second-order valence-electron chi connectivity index (χ2n) is 3.62. The average molecular weight is 310 g/mol. The summed E-state index contributed by atoms with van der Waals surface area (Å²) >= 11 is 0. The number of aliphatic hydroxyl groups is 1. The number of aliphatic hydroxyl groups excluding tert-OH is 1. The van der Waals surface area contributed by atoms with Crippen LogP contribution in [0.15, 0.2) is 23.1 Å². The van der Waals surface area contributed by atoms with Crippen LogP contribution in [-0.4, -0.2) is 43.0 Å². The summed E-state index contributed by atoms with van der Waals surface area (Å²) in [6.45, 7) is 0.493. The van der Waals surface area contributed by atoms with Gasteiger partial charge in [0.05, 0.1) is 17.1 Å². The maximum atomic E-state index is 11.5. The minimum Gasteiger partial charge on any atom is -0.744 e. The van der Waals surface area contributed by atoms with Gasteiger partial charge in [-0.1, -0.05) is 0 Å². The van der Waals surface area contributed by atoms with Crippen LogP contribution in [0.3, 0.4) is 0 Å². The fourth-order valence-electron chi connectivity index (χ4n) is 1.29. The molecule has 20 heavy (non-hydrogen) atoms. The number of carbonyl (C=O) groups is 2. The molecule has 1 aromatic carbocycles. The summed E-state index contributed by atoms with van der Waals surface area (Å²) in [6, 6.07) is 2.85. The molecule has 1 aromatic rings. The molecule has 0 saturated heterocycles. The molecule has 0 fully saturated rings. The number of hydrogen-bond donors (Lipinski definition) is 1. The Balaban J connectivity index is 0.00000361. The molecule has 0 bridgehead atoms. The summed E-state index contributed by atoms with van der Waals surface area (Å²) in [4.78, 5) is 22.1. The Morgan fingerprint density at radius 1 is 1.25 bits per heavy atom. The fraction of sp³-hybridized carbons (Fsp3) is 0.273. The Kier molecular flexibility index (Phi) is 7.56. The van der Waals surface area contributed by atoms with Crippen molar-refractivity contribution in [2.45, 2.75) is 11.8 Å². The molecule has 0 atom stereocenters. The summed E-state index contributed by atoms with van der Waals surface area (Å²) in [7, 11) is -4.79. The van der Waals surface area contributed by atoms with Gasteiger partial charge in [0, 0.05) is 5.56 Å². The van der Waals surface area contributed by atoms with E-state index >= 15 is 0 Å². The monoisotopic (exact) mass is 310 g/mol. The number of benzene rings is 1. The second kappa shape index (κ2) is 7.87. The zero-order chi connectivity index (χ0) is 14.6. The Morgan fingerprint density at radius 2 is 1.80 bits per heavy atom. The summed E-state index contributed by atoms with van der Waals surface area (Å²) in [5.41, 5.74) is -0.330. The molecule has 0 aliphatic carbocycles. The van der Waals surface area contributed by atoms with E-state index in [1.807, 2.05) is 0 Å². The summed E-state index contributed by atoms with van der Waals surface area (Å²) in [5, 5.41) is 8.51. The van der Waals surface area contributed by atoms with Crippen LogP contribution in [0, 0.1) is 0 Å². The Bertz CT molecular complexity index is 609.